The number of nitrogens with zero attached hydrogens (tertiary/aromatic N) is 1. The Hall–Kier alpha value is -0.410. The van der Waals surface area contributed by atoms with Gasteiger partial charge in [-0.1, -0.05) is 20.8 Å². The summed E-state index contributed by atoms with van der Waals surface area (Å²) in [5.74, 6) is 0.243. The number of aliphatic hydroxyl groups excluding tert-OH is 1. The van der Waals surface area contributed by atoms with Gasteiger partial charge in [-0.15, -0.1) is 0 Å². The van der Waals surface area contributed by atoms with E-state index in [9.17, 15) is 9.90 Å². The topological polar surface area (TPSA) is 40.5 Å². The van der Waals surface area contributed by atoms with E-state index in [2.05, 4.69) is 18.7 Å². The van der Waals surface area contributed by atoms with Gasteiger partial charge in [0.1, 0.15) is 0 Å². The zero-order valence-corrected chi connectivity index (χ0v) is 10.4. The van der Waals surface area contributed by atoms with Crippen LogP contribution in [-0.2, 0) is 4.79 Å². The lowest BCUT2D eigenvalue weighted by Gasteiger charge is -2.31. The van der Waals surface area contributed by atoms with Gasteiger partial charge in [-0.3, -0.25) is 9.69 Å². The molecular formula is C12H23NO2. The van der Waals surface area contributed by atoms with Gasteiger partial charge in [0.25, 0.3) is 0 Å². The van der Waals surface area contributed by atoms with Gasteiger partial charge in [-0.2, -0.15) is 0 Å². The standard InChI is InChI=1S/C12H23NO2/c1-8(2)13-7-9(14)6-10(13)11(15)12(3,4)5/h8-10,14H,6-7H2,1-5H3. The highest BCUT2D eigenvalue weighted by Crippen LogP contribution is 2.28. The Morgan fingerprint density at radius 3 is 2.33 bits per heavy atom. The summed E-state index contributed by atoms with van der Waals surface area (Å²) in [5, 5.41) is 9.64. The molecule has 2 unspecified atom stereocenters. The molecule has 0 radical (unpaired) electrons. The number of hydrogen-bond donors (Lipinski definition) is 1. The van der Waals surface area contributed by atoms with Crippen LogP contribution in [0.5, 0.6) is 0 Å². The molecule has 0 amide bonds. The second-order valence-corrected chi connectivity index (χ2v) is 5.81. The number of ketones is 1. The third-order valence-corrected chi connectivity index (χ3v) is 3.02. The fourth-order valence-electron chi connectivity index (χ4n) is 2.17. The Labute approximate surface area is 92.5 Å². The van der Waals surface area contributed by atoms with Crippen LogP contribution in [0.25, 0.3) is 0 Å². The average Bonchev–Trinajstić information content (AvgIpc) is 2.44. The van der Waals surface area contributed by atoms with Gasteiger partial charge in [-0.25, -0.2) is 0 Å². The predicted octanol–water partition coefficient (Wildman–Crippen LogP) is 1.45. The van der Waals surface area contributed by atoms with Crippen molar-refractivity contribution in [2.45, 2.75) is 59.2 Å². The normalized spacial score (nSPS) is 28.7. The van der Waals surface area contributed by atoms with Crippen molar-refractivity contribution in [3.63, 3.8) is 0 Å². The molecule has 3 heteroatoms. The van der Waals surface area contributed by atoms with Crippen LogP contribution in [0.4, 0.5) is 0 Å². The van der Waals surface area contributed by atoms with Gasteiger partial charge in [0.05, 0.1) is 12.1 Å². The Balaban J connectivity index is 2.80. The predicted molar refractivity (Wildman–Crippen MR) is 60.7 cm³/mol. The Bertz CT molecular complexity index is 242. The highest BCUT2D eigenvalue weighted by atomic mass is 16.3. The van der Waals surface area contributed by atoms with Crippen LogP contribution in [0, 0.1) is 5.41 Å². The molecule has 15 heavy (non-hydrogen) atoms. The SMILES string of the molecule is CC(C)N1CC(O)CC1C(=O)C(C)(C)C. The van der Waals surface area contributed by atoms with Crippen LogP contribution in [0.3, 0.4) is 0 Å². The molecule has 1 rings (SSSR count). The Morgan fingerprint density at radius 1 is 1.40 bits per heavy atom. The van der Waals surface area contributed by atoms with Gasteiger partial charge >= 0.3 is 0 Å². The van der Waals surface area contributed by atoms with E-state index in [-0.39, 0.29) is 23.3 Å². The minimum Gasteiger partial charge on any atom is -0.392 e. The lowest BCUT2D eigenvalue weighted by Crippen LogP contribution is -2.45. The quantitative estimate of drug-likeness (QED) is 0.754. The molecule has 1 aliphatic rings. The molecule has 0 aromatic heterocycles. The van der Waals surface area contributed by atoms with Crippen molar-refractivity contribution in [3.05, 3.63) is 0 Å². The number of likely N-dealkylation sites (tertiary alicyclic amines) is 1. The van der Waals surface area contributed by atoms with E-state index < -0.39 is 0 Å². The molecule has 0 aromatic rings. The van der Waals surface area contributed by atoms with E-state index in [0.29, 0.717) is 19.0 Å². The third-order valence-electron chi connectivity index (χ3n) is 3.02. The first-order chi connectivity index (χ1) is 6.73. The first-order valence-corrected chi connectivity index (χ1v) is 5.71. The van der Waals surface area contributed by atoms with E-state index in [1.165, 1.54) is 0 Å². The average molecular weight is 213 g/mol. The number of carbonyl (C=O) groups excluding carboxylic acids is 1. The van der Waals surface area contributed by atoms with E-state index in [1.807, 2.05) is 20.8 Å². The van der Waals surface area contributed by atoms with Crippen LogP contribution in [-0.4, -0.2) is 40.5 Å². The summed E-state index contributed by atoms with van der Waals surface area (Å²) >= 11 is 0. The van der Waals surface area contributed by atoms with E-state index >= 15 is 0 Å². The van der Waals surface area contributed by atoms with Gasteiger partial charge < -0.3 is 5.11 Å². The number of hydrogen-bond acceptors (Lipinski definition) is 3. The zero-order chi connectivity index (χ0) is 11.8. The van der Waals surface area contributed by atoms with Crippen LogP contribution >= 0.6 is 0 Å². The number of aliphatic hydroxyl groups is 1. The molecule has 3 nitrogen and oxygen atoms in total. The highest BCUT2D eigenvalue weighted by molar-refractivity contribution is 5.89. The summed E-state index contributed by atoms with van der Waals surface area (Å²) in [6.45, 7) is 10.6. The maximum absolute atomic E-state index is 12.2. The summed E-state index contributed by atoms with van der Waals surface area (Å²) in [6.07, 6.45) is 0.248. The second-order valence-electron chi connectivity index (χ2n) is 5.81. The lowest BCUT2D eigenvalue weighted by molar-refractivity contribution is -0.131. The summed E-state index contributed by atoms with van der Waals surface area (Å²) in [4.78, 5) is 14.3. The monoisotopic (exact) mass is 213 g/mol. The summed E-state index contributed by atoms with van der Waals surface area (Å²) in [5.41, 5.74) is -0.318. The van der Waals surface area contributed by atoms with Crippen LogP contribution in [0.1, 0.15) is 41.0 Å². The van der Waals surface area contributed by atoms with E-state index in [1.54, 1.807) is 0 Å². The highest BCUT2D eigenvalue weighted by Gasteiger charge is 2.40. The van der Waals surface area contributed by atoms with Crippen molar-refractivity contribution in [2.24, 2.45) is 5.41 Å². The molecule has 1 heterocycles. The molecule has 1 saturated heterocycles. The van der Waals surface area contributed by atoms with Gasteiger partial charge in [0, 0.05) is 18.0 Å². The summed E-state index contributed by atoms with van der Waals surface area (Å²) in [6, 6.07) is 0.221. The van der Waals surface area contributed by atoms with Gasteiger partial charge in [0.2, 0.25) is 0 Å². The molecule has 0 aliphatic carbocycles. The molecule has 88 valence electrons. The smallest absolute Gasteiger partial charge is 0.155 e. The largest absolute Gasteiger partial charge is 0.392 e. The Kier molecular flexibility index (Phi) is 3.56. The second kappa shape index (κ2) is 4.22. The minimum atomic E-state index is -0.344. The fraction of sp³-hybridized carbons (Fsp3) is 0.917. The molecule has 0 aromatic carbocycles. The molecule has 2 atom stereocenters. The fourth-order valence-corrected chi connectivity index (χ4v) is 2.17. The van der Waals surface area contributed by atoms with Crippen molar-refractivity contribution in [1.29, 1.82) is 0 Å². The molecule has 0 bridgehead atoms. The maximum Gasteiger partial charge on any atom is 0.155 e. The molecule has 1 aliphatic heterocycles. The molecule has 0 spiro atoms. The van der Waals surface area contributed by atoms with Crippen molar-refractivity contribution in [1.82, 2.24) is 4.90 Å². The van der Waals surface area contributed by atoms with Crippen molar-refractivity contribution < 1.29 is 9.90 Å². The number of carbonyl (C=O) groups is 1. The maximum atomic E-state index is 12.2. The van der Waals surface area contributed by atoms with E-state index in [0.717, 1.165) is 0 Å². The number of Topliss-reactive ketones (excluding diaryl/α,β-unsaturated/α-hetero) is 1. The van der Waals surface area contributed by atoms with Crippen LogP contribution in [0.2, 0.25) is 0 Å². The summed E-state index contributed by atoms with van der Waals surface area (Å²) in [7, 11) is 0. The summed E-state index contributed by atoms with van der Waals surface area (Å²) < 4.78 is 0. The molecule has 1 N–H and O–H groups in total. The van der Waals surface area contributed by atoms with Crippen LogP contribution in [0.15, 0.2) is 0 Å². The molecule has 0 saturated carbocycles. The van der Waals surface area contributed by atoms with Crippen molar-refractivity contribution in [3.8, 4) is 0 Å². The number of β-amino-alcohol motifs (C(OH)–C–C–N with tert-alkyl or cyclic N) is 1. The minimum absolute atomic E-state index is 0.0972. The van der Waals surface area contributed by atoms with Gasteiger partial charge in [0.15, 0.2) is 5.78 Å². The van der Waals surface area contributed by atoms with Crippen molar-refractivity contribution >= 4 is 5.78 Å². The first kappa shape index (κ1) is 12.7. The van der Waals surface area contributed by atoms with Gasteiger partial charge in [-0.05, 0) is 20.3 Å². The molecule has 1 fully saturated rings. The lowest BCUT2D eigenvalue weighted by atomic mass is 9.85. The van der Waals surface area contributed by atoms with E-state index in [4.69, 9.17) is 0 Å². The zero-order valence-electron chi connectivity index (χ0n) is 10.4. The van der Waals surface area contributed by atoms with Crippen molar-refractivity contribution in [2.75, 3.05) is 6.54 Å². The third kappa shape index (κ3) is 2.79. The number of rotatable bonds is 2. The Morgan fingerprint density at radius 2 is 1.93 bits per heavy atom. The van der Waals surface area contributed by atoms with Crippen LogP contribution < -0.4 is 0 Å². The molecular weight excluding hydrogens is 190 g/mol. The first-order valence-electron chi connectivity index (χ1n) is 5.71.